The second kappa shape index (κ2) is 9.73. The number of fused-ring (bicyclic) bond motifs is 1. The number of hydrogen-bond acceptors (Lipinski definition) is 4. The van der Waals surface area contributed by atoms with Crippen molar-refractivity contribution in [2.24, 2.45) is 0 Å². The zero-order valence-corrected chi connectivity index (χ0v) is 17.2. The van der Waals surface area contributed by atoms with Crippen molar-refractivity contribution in [1.82, 2.24) is 4.90 Å². The van der Waals surface area contributed by atoms with Crippen LogP contribution in [0.4, 0.5) is 0 Å². The SMILES string of the molecule is CC(C(=O)OC1CCCCC1N1CCOCC1)c1cccc2ccccc12.[Cl-]. The van der Waals surface area contributed by atoms with Gasteiger partial charge in [-0.3, -0.25) is 9.69 Å². The number of esters is 1. The lowest BCUT2D eigenvalue weighted by atomic mass is 9.90. The van der Waals surface area contributed by atoms with Gasteiger partial charge >= 0.3 is 5.97 Å². The van der Waals surface area contributed by atoms with Crippen LogP contribution in [-0.2, 0) is 14.3 Å². The Bertz CT molecular complexity index is 785. The topological polar surface area (TPSA) is 38.8 Å². The van der Waals surface area contributed by atoms with E-state index in [1.807, 2.05) is 25.1 Å². The molecule has 1 heterocycles. The van der Waals surface area contributed by atoms with Gasteiger partial charge in [0.25, 0.3) is 0 Å². The molecule has 2 aliphatic rings. The van der Waals surface area contributed by atoms with Crippen molar-refractivity contribution in [3.63, 3.8) is 0 Å². The van der Waals surface area contributed by atoms with Crippen molar-refractivity contribution in [1.29, 1.82) is 0 Å². The van der Waals surface area contributed by atoms with Crippen molar-refractivity contribution < 1.29 is 26.7 Å². The third-order valence-corrected chi connectivity index (χ3v) is 6.09. The second-order valence-corrected chi connectivity index (χ2v) is 7.77. The summed E-state index contributed by atoms with van der Waals surface area (Å²) in [4.78, 5) is 15.5. The predicted octanol–water partition coefficient (Wildman–Crippen LogP) is 1.13. The van der Waals surface area contributed by atoms with Gasteiger partial charge in [0.1, 0.15) is 6.10 Å². The van der Waals surface area contributed by atoms with Gasteiger partial charge in [-0.25, -0.2) is 0 Å². The first kappa shape index (κ1) is 21.1. The largest absolute Gasteiger partial charge is 1.00 e. The lowest BCUT2D eigenvalue weighted by Crippen LogP contribution is -3.00. The molecule has 4 nitrogen and oxygen atoms in total. The fourth-order valence-electron chi connectivity index (χ4n) is 4.55. The van der Waals surface area contributed by atoms with E-state index >= 15 is 0 Å². The third-order valence-electron chi connectivity index (χ3n) is 6.09. The van der Waals surface area contributed by atoms with Crippen molar-refractivity contribution in [2.75, 3.05) is 26.3 Å². The van der Waals surface area contributed by atoms with Gasteiger partial charge in [-0.2, -0.15) is 0 Å². The Kier molecular flexibility index (Phi) is 7.33. The molecular weight excluding hydrogens is 374 g/mol. The van der Waals surface area contributed by atoms with Crippen LogP contribution >= 0.6 is 0 Å². The average molecular weight is 403 g/mol. The summed E-state index contributed by atoms with van der Waals surface area (Å²) in [7, 11) is 0. The number of hydrogen-bond donors (Lipinski definition) is 0. The highest BCUT2D eigenvalue weighted by atomic mass is 35.5. The van der Waals surface area contributed by atoms with E-state index in [4.69, 9.17) is 9.47 Å². The molecule has 1 saturated heterocycles. The van der Waals surface area contributed by atoms with Crippen molar-refractivity contribution in [3.05, 3.63) is 48.0 Å². The quantitative estimate of drug-likeness (QED) is 0.719. The molecular formula is C23H29ClNO3-. The Balaban J connectivity index is 0.00000225. The van der Waals surface area contributed by atoms with Crippen LogP contribution in [0.25, 0.3) is 10.8 Å². The normalized spacial score (nSPS) is 24.3. The molecule has 0 N–H and O–H groups in total. The Morgan fingerprint density at radius 2 is 1.79 bits per heavy atom. The smallest absolute Gasteiger partial charge is 0.313 e. The summed E-state index contributed by atoms with van der Waals surface area (Å²) in [6.45, 7) is 5.42. The molecule has 0 spiro atoms. The van der Waals surface area contributed by atoms with Crippen molar-refractivity contribution in [3.8, 4) is 0 Å². The zero-order chi connectivity index (χ0) is 18.6. The first-order valence-electron chi connectivity index (χ1n) is 10.2. The molecule has 3 unspecified atom stereocenters. The maximum Gasteiger partial charge on any atom is 0.313 e. The Morgan fingerprint density at radius 3 is 2.61 bits per heavy atom. The molecule has 2 aromatic rings. The van der Waals surface area contributed by atoms with E-state index in [2.05, 4.69) is 29.2 Å². The van der Waals surface area contributed by atoms with Gasteiger partial charge in [-0.05, 0) is 42.5 Å². The predicted molar refractivity (Wildman–Crippen MR) is 107 cm³/mol. The van der Waals surface area contributed by atoms with Crippen LogP contribution in [0.15, 0.2) is 42.5 Å². The number of benzene rings is 2. The van der Waals surface area contributed by atoms with Gasteiger partial charge in [0.15, 0.2) is 0 Å². The van der Waals surface area contributed by atoms with E-state index in [9.17, 15) is 4.79 Å². The molecule has 5 heteroatoms. The minimum absolute atomic E-state index is 0. The molecule has 4 rings (SSSR count). The molecule has 0 radical (unpaired) electrons. The Labute approximate surface area is 173 Å². The van der Waals surface area contributed by atoms with Gasteiger partial charge in [0.2, 0.25) is 0 Å². The fraction of sp³-hybridized carbons (Fsp3) is 0.522. The van der Waals surface area contributed by atoms with Crippen LogP contribution in [0.1, 0.15) is 44.1 Å². The van der Waals surface area contributed by atoms with Gasteiger partial charge in [-0.1, -0.05) is 48.9 Å². The Hall–Kier alpha value is -1.62. The number of nitrogens with zero attached hydrogens (tertiary/aromatic N) is 1. The summed E-state index contributed by atoms with van der Waals surface area (Å²) in [5.74, 6) is -0.361. The standard InChI is InChI=1S/C23H29NO3.ClH/c1-17(19-10-6-8-18-7-2-3-9-20(18)19)23(25)27-22-12-5-4-11-21(22)24-13-15-26-16-14-24;/h2-3,6-10,17,21-22H,4-5,11-16H2,1H3;1H/p-1. The molecule has 0 amide bonds. The van der Waals surface area contributed by atoms with Gasteiger partial charge in [-0.15, -0.1) is 0 Å². The monoisotopic (exact) mass is 402 g/mol. The minimum Gasteiger partial charge on any atom is -1.00 e. The lowest BCUT2D eigenvalue weighted by molar-refractivity contribution is -0.157. The molecule has 0 aromatic heterocycles. The zero-order valence-electron chi connectivity index (χ0n) is 16.5. The molecule has 1 saturated carbocycles. The maximum absolute atomic E-state index is 13.0. The number of morpholine rings is 1. The number of ether oxygens (including phenoxy) is 2. The summed E-state index contributed by atoms with van der Waals surface area (Å²) >= 11 is 0. The van der Waals surface area contributed by atoms with Crippen molar-refractivity contribution in [2.45, 2.75) is 50.7 Å². The molecule has 152 valence electrons. The summed E-state index contributed by atoms with van der Waals surface area (Å²) in [6.07, 6.45) is 4.44. The van der Waals surface area contributed by atoms with Gasteiger partial charge in [0, 0.05) is 19.1 Å². The highest BCUT2D eigenvalue weighted by molar-refractivity contribution is 5.91. The summed E-state index contributed by atoms with van der Waals surface area (Å²) in [5.41, 5.74) is 1.05. The van der Waals surface area contributed by atoms with E-state index in [0.29, 0.717) is 6.04 Å². The first-order valence-corrected chi connectivity index (χ1v) is 10.2. The molecule has 2 aromatic carbocycles. The van der Waals surface area contributed by atoms with E-state index in [1.54, 1.807) is 0 Å². The van der Waals surface area contributed by atoms with E-state index in [1.165, 1.54) is 11.8 Å². The average Bonchev–Trinajstić information content (AvgIpc) is 2.74. The third kappa shape index (κ3) is 4.51. The number of carbonyl (C=O) groups is 1. The van der Waals surface area contributed by atoms with Gasteiger partial charge in [0.05, 0.1) is 19.1 Å². The molecule has 2 fully saturated rings. The van der Waals surface area contributed by atoms with E-state index in [-0.39, 0.29) is 30.4 Å². The van der Waals surface area contributed by atoms with Crippen LogP contribution in [0, 0.1) is 0 Å². The van der Waals surface area contributed by atoms with Crippen LogP contribution in [0.2, 0.25) is 0 Å². The highest BCUT2D eigenvalue weighted by Gasteiger charge is 2.34. The lowest BCUT2D eigenvalue weighted by Gasteiger charge is -2.41. The van der Waals surface area contributed by atoms with Crippen LogP contribution < -0.4 is 12.4 Å². The second-order valence-electron chi connectivity index (χ2n) is 7.77. The summed E-state index contributed by atoms with van der Waals surface area (Å²) < 4.78 is 11.6. The van der Waals surface area contributed by atoms with Crippen molar-refractivity contribution >= 4 is 16.7 Å². The highest BCUT2D eigenvalue weighted by Crippen LogP contribution is 2.30. The molecule has 0 bridgehead atoms. The molecule has 3 atom stereocenters. The van der Waals surface area contributed by atoms with Crippen LogP contribution in [0.3, 0.4) is 0 Å². The maximum atomic E-state index is 13.0. The number of carbonyl (C=O) groups excluding carboxylic acids is 1. The van der Waals surface area contributed by atoms with Crippen LogP contribution in [-0.4, -0.2) is 49.3 Å². The Morgan fingerprint density at radius 1 is 1.07 bits per heavy atom. The number of halogens is 1. The van der Waals surface area contributed by atoms with E-state index in [0.717, 1.165) is 56.5 Å². The van der Waals surface area contributed by atoms with Gasteiger partial charge < -0.3 is 21.9 Å². The molecule has 1 aliphatic carbocycles. The van der Waals surface area contributed by atoms with Crippen LogP contribution in [0.5, 0.6) is 0 Å². The summed E-state index contributed by atoms with van der Waals surface area (Å²) in [5, 5.41) is 2.30. The number of rotatable bonds is 4. The molecule has 1 aliphatic heterocycles. The fourth-order valence-corrected chi connectivity index (χ4v) is 4.55. The molecule has 28 heavy (non-hydrogen) atoms. The summed E-state index contributed by atoms with van der Waals surface area (Å²) in [6, 6.07) is 14.7. The minimum atomic E-state index is -0.261. The first-order chi connectivity index (χ1) is 13.2. The van der Waals surface area contributed by atoms with E-state index < -0.39 is 0 Å².